The molecule has 21 heavy (non-hydrogen) atoms. The van der Waals surface area contributed by atoms with E-state index in [1.807, 2.05) is 12.3 Å². The van der Waals surface area contributed by atoms with E-state index in [4.69, 9.17) is 0 Å². The largest absolute Gasteiger partial charge is 0.394 e. The Morgan fingerprint density at radius 3 is 2.76 bits per heavy atom. The number of aliphatic hydroxyl groups is 1. The molecule has 0 aliphatic heterocycles. The van der Waals surface area contributed by atoms with Crippen LogP contribution in [0.25, 0.3) is 0 Å². The van der Waals surface area contributed by atoms with Crippen LogP contribution >= 0.6 is 11.3 Å². The Balaban J connectivity index is 1.97. The second kappa shape index (κ2) is 7.33. The number of hydrogen-bond acceptors (Lipinski definition) is 5. The Morgan fingerprint density at radius 2 is 2.19 bits per heavy atom. The van der Waals surface area contributed by atoms with Crippen molar-refractivity contribution in [2.45, 2.75) is 58.0 Å². The van der Waals surface area contributed by atoms with Gasteiger partial charge in [0.2, 0.25) is 5.91 Å². The highest BCUT2D eigenvalue weighted by molar-refractivity contribution is 7.14. The molecular formula is C15H25N3O2S. The van der Waals surface area contributed by atoms with Crippen molar-refractivity contribution in [1.82, 2.24) is 10.3 Å². The molecule has 2 rings (SSSR count). The summed E-state index contributed by atoms with van der Waals surface area (Å²) in [7, 11) is 0. The van der Waals surface area contributed by atoms with Gasteiger partial charge in [0.25, 0.3) is 0 Å². The van der Waals surface area contributed by atoms with Crippen molar-refractivity contribution in [1.29, 1.82) is 0 Å². The summed E-state index contributed by atoms with van der Waals surface area (Å²) in [6, 6.07) is 0. The van der Waals surface area contributed by atoms with Gasteiger partial charge in [-0.15, -0.1) is 11.3 Å². The summed E-state index contributed by atoms with van der Waals surface area (Å²) in [4.78, 5) is 17.7. The van der Waals surface area contributed by atoms with Gasteiger partial charge in [-0.05, 0) is 19.8 Å². The Morgan fingerprint density at radius 1 is 1.48 bits per heavy atom. The highest BCUT2D eigenvalue weighted by Crippen LogP contribution is 2.28. The third-order valence-electron chi connectivity index (χ3n) is 4.22. The van der Waals surface area contributed by atoms with Gasteiger partial charge in [0.1, 0.15) is 0 Å². The molecule has 0 atom stereocenters. The number of anilines is 1. The normalized spacial score (nSPS) is 17.7. The van der Waals surface area contributed by atoms with Gasteiger partial charge < -0.3 is 10.4 Å². The number of hydrogen-bond donors (Lipinski definition) is 2. The van der Waals surface area contributed by atoms with Gasteiger partial charge in [0.15, 0.2) is 5.13 Å². The number of rotatable bonds is 6. The minimum Gasteiger partial charge on any atom is -0.394 e. The van der Waals surface area contributed by atoms with Crippen molar-refractivity contribution >= 4 is 22.4 Å². The fourth-order valence-corrected chi connectivity index (χ4v) is 3.82. The van der Waals surface area contributed by atoms with E-state index in [9.17, 15) is 9.90 Å². The number of carbonyl (C=O) groups excluding carboxylic acids is 1. The number of nitrogens with one attached hydrogen (secondary N) is 1. The van der Waals surface area contributed by atoms with Crippen molar-refractivity contribution in [2.75, 3.05) is 18.1 Å². The summed E-state index contributed by atoms with van der Waals surface area (Å²) in [5, 5.41) is 15.9. The van der Waals surface area contributed by atoms with Crippen LogP contribution in [0.1, 0.15) is 51.6 Å². The van der Waals surface area contributed by atoms with Crippen LogP contribution < -0.4 is 10.2 Å². The fourth-order valence-electron chi connectivity index (χ4n) is 2.89. The smallest absolute Gasteiger partial charge is 0.225 e. The Kier molecular flexibility index (Phi) is 5.72. The predicted octanol–water partition coefficient (Wildman–Crippen LogP) is 2.30. The maximum Gasteiger partial charge on any atom is 0.225 e. The molecule has 1 aliphatic carbocycles. The molecule has 1 aliphatic rings. The van der Waals surface area contributed by atoms with E-state index in [0.29, 0.717) is 13.1 Å². The second-order valence-corrected chi connectivity index (χ2v) is 6.57. The predicted molar refractivity (Wildman–Crippen MR) is 85.6 cm³/mol. The van der Waals surface area contributed by atoms with Crippen molar-refractivity contribution < 1.29 is 9.90 Å². The van der Waals surface area contributed by atoms with Crippen LogP contribution in [-0.2, 0) is 11.3 Å². The van der Waals surface area contributed by atoms with Gasteiger partial charge in [0.05, 0.1) is 12.3 Å². The zero-order valence-corrected chi connectivity index (χ0v) is 13.7. The molecule has 5 nitrogen and oxygen atoms in total. The lowest BCUT2D eigenvalue weighted by Crippen LogP contribution is -2.49. The topological polar surface area (TPSA) is 65.5 Å². The summed E-state index contributed by atoms with van der Waals surface area (Å²) in [6.45, 7) is 4.97. The molecule has 2 N–H and O–H groups in total. The number of nitrogens with zero attached hydrogens (tertiary/aromatic N) is 2. The number of amides is 1. The highest BCUT2D eigenvalue weighted by Gasteiger charge is 2.30. The SMILES string of the molecule is CCN(C(C)=O)c1nc(CNC2(CO)CCCCC2)cs1. The quantitative estimate of drug-likeness (QED) is 0.846. The van der Waals surface area contributed by atoms with E-state index in [1.165, 1.54) is 30.6 Å². The average molecular weight is 311 g/mol. The van der Waals surface area contributed by atoms with Crippen LogP contribution in [0.4, 0.5) is 5.13 Å². The van der Waals surface area contributed by atoms with Crippen molar-refractivity contribution in [3.05, 3.63) is 11.1 Å². The lowest BCUT2D eigenvalue weighted by Gasteiger charge is -2.36. The minimum absolute atomic E-state index is 0.0190. The third kappa shape index (κ3) is 4.02. The molecule has 6 heteroatoms. The summed E-state index contributed by atoms with van der Waals surface area (Å²) in [5.41, 5.74) is 0.792. The molecule has 1 amide bonds. The van der Waals surface area contributed by atoms with Gasteiger partial charge >= 0.3 is 0 Å². The van der Waals surface area contributed by atoms with Gasteiger partial charge in [-0.2, -0.15) is 0 Å². The van der Waals surface area contributed by atoms with Crippen molar-refractivity contribution in [3.63, 3.8) is 0 Å². The molecule has 1 fully saturated rings. The lowest BCUT2D eigenvalue weighted by atomic mass is 9.82. The second-order valence-electron chi connectivity index (χ2n) is 5.74. The van der Waals surface area contributed by atoms with Crippen molar-refractivity contribution in [2.24, 2.45) is 0 Å². The molecular weight excluding hydrogens is 286 g/mol. The van der Waals surface area contributed by atoms with E-state index >= 15 is 0 Å². The average Bonchev–Trinajstić information content (AvgIpc) is 2.95. The first kappa shape index (κ1) is 16.4. The maximum absolute atomic E-state index is 11.5. The van der Waals surface area contributed by atoms with Gasteiger partial charge in [-0.1, -0.05) is 19.3 Å². The molecule has 0 bridgehead atoms. The minimum atomic E-state index is -0.146. The first-order valence-corrected chi connectivity index (χ1v) is 8.56. The molecule has 1 aromatic heterocycles. The molecule has 118 valence electrons. The Hall–Kier alpha value is -0.980. The molecule has 1 saturated carbocycles. The zero-order valence-electron chi connectivity index (χ0n) is 12.9. The standard InChI is InChI=1S/C15H25N3O2S/c1-3-18(12(2)20)14-17-13(10-21-14)9-16-15(11-19)7-5-4-6-8-15/h10,16,19H,3-9,11H2,1-2H3. The number of aliphatic hydroxyl groups excluding tert-OH is 1. The van der Waals surface area contributed by atoms with Gasteiger partial charge in [-0.3, -0.25) is 9.69 Å². The van der Waals surface area contributed by atoms with Crippen molar-refractivity contribution in [3.8, 4) is 0 Å². The van der Waals surface area contributed by atoms with E-state index in [0.717, 1.165) is 23.7 Å². The summed E-state index contributed by atoms with van der Waals surface area (Å²) < 4.78 is 0. The molecule has 0 spiro atoms. The zero-order chi connectivity index (χ0) is 15.3. The van der Waals surface area contributed by atoms with E-state index in [1.54, 1.807) is 11.8 Å². The Bertz CT molecular complexity index is 469. The van der Waals surface area contributed by atoms with Crippen LogP contribution in [-0.4, -0.2) is 34.7 Å². The van der Waals surface area contributed by atoms with Crippen LogP contribution in [0.3, 0.4) is 0 Å². The molecule has 0 saturated heterocycles. The van der Waals surface area contributed by atoms with E-state index < -0.39 is 0 Å². The van der Waals surface area contributed by atoms with Gasteiger partial charge in [-0.25, -0.2) is 4.98 Å². The first-order chi connectivity index (χ1) is 10.1. The molecule has 0 unspecified atom stereocenters. The summed E-state index contributed by atoms with van der Waals surface area (Å²) >= 11 is 1.50. The number of thiazole rings is 1. The molecule has 1 heterocycles. The van der Waals surface area contributed by atoms with E-state index in [-0.39, 0.29) is 18.1 Å². The Labute approximate surface area is 130 Å². The van der Waals surface area contributed by atoms with E-state index in [2.05, 4.69) is 10.3 Å². The lowest BCUT2D eigenvalue weighted by molar-refractivity contribution is -0.116. The molecule has 1 aromatic rings. The van der Waals surface area contributed by atoms with Crippen LogP contribution in [0, 0.1) is 0 Å². The summed E-state index contributed by atoms with van der Waals surface area (Å²) in [5.74, 6) is 0.0190. The number of aromatic nitrogens is 1. The van der Waals surface area contributed by atoms with Crippen LogP contribution in [0.5, 0.6) is 0 Å². The molecule has 0 aromatic carbocycles. The summed E-state index contributed by atoms with van der Waals surface area (Å²) in [6.07, 6.45) is 5.64. The van der Waals surface area contributed by atoms with Gasteiger partial charge in [0, 0.05) is 30.9 Å². The third-order valence-corrected chi connectivity index (χ3v) is 5.14. The van der Waals surface area contributed by atoms with Crippen LogP contribution in [0.15, 0.2) is 5.38 Å². The first-order valence-electron chi connectivity index (χ1n) is 7.68. The highest BCUT2D eigenvalue weighted by atomic mass is 32.1. The number of carbonyl (C=O) groups is 1. The maximum atomic E-state index is 11.5. The van der Waals surface area contributed by atoms with Crippen LogP contribution in [0.2, 0.25) is 0 Å². The fraction of sp³-hybridized carbons (Fsp3) is 0.733. The monoisotopic (exact) mass is 311 g/mol. The molecule has 0 radical (unpaired) electrons.